The highest BCUT2D eigenvalue weighted by Gasteiger charge is 2.46. The average Bonchev–Trinajstić information content (AvgIpc) is 3.83. The molecule has 0 aliphatic heterocycles. The number of fused-ring (bicyclic) bond motifs is 6. The van der Waals surface area contributed by atoms with Gasteiger partial charge in [-0.15, -0.1) is 0 Å². The summed E-state index contributed by atoms with van der Waals surface area (Å²) in [5.74, 6) is 0.290. The van der Waals surface area contributed by atoms with Crippen LogP contribution >= 0.6 is 0 Å². The molecule has 0 saturated carbocycles. The van der Waals surface area contributed by atoms with E-state index in [-0.39, 0.29) is 0 Å². The second kappa shape index (κ2) is 15.7. The molecular formula is C60H46N2. The van der Waals surface area contributed by atoms with Crippen LogP contribution in [-0.4, -0.2) is 4.57 Å². The van der Waals surface area contributed by atoms with E-state index in [9.17, 15) is 0 Å². The van der Waals surface area contributed by atoms with Crippen molar-refractivity contribution in [2.45, 2.75) is 18.8 Å². The van der Waals surface area contributed by atoms with E-state index in [1.807, 2.05) is 0 Å². The lowest BCUT2D eigenvalue weighted by Crippen LogP contribution is -2.28. The van der Waals surface area contributed by atoms with Crippen LogP contribution in [0.1, 0.15) is 35.6 Å². The van der Waals surface area contributed by atoms with Crippen molar-refractivity contribution < 1.29 is 0 Å². The fourth-order valence-electron chi connectivity index (χ4n) is 9.96. The molecule has 2 aliphatic carbocycles. The molecule has 8 aromatic carbocycles. The zero-order valence-corrected chi connectivity index (χ0v) is 34.8. The maximum atomic E-state index is 2.45. The van der Waals surface area contributed by atoms with Crippen molar-refractivity contribution in [2.24, 2.45) is 5.92 Å². The number of benzene rings is 8. The van der Waals surface area contributed by atoms with E-state index in [1.165, 1.54) is 66.3 Å². The van der Waals surface area contributed by atoms with E-state index in [2.05, 4.69) is 259 Å². The van der Waals surface area contributed by atoms with Gasteiger partial charge in [0, 0.05) is 33.5 Å². The molecule has 296 valence electrons. The second-order valence-electron chi connectivity index (χ2n) is 16.5. The number of hydrogen-bond donors (Lipinski definition) is 0. The van der Waals surface area contributed by atoms with Crippen LogP contribution in [0.5, 0.6) is 0 Å². The fourth-order valence-corrected chi connectivity index (χ4v) is 9.96. The van der Waals surface area contributed by atoms with E-state index in [0.717, 1.165) is 29.2 Å². The van der Waals surface area contributed by atoms with Crippen molar-refractivity contribution in [1.29, 1.82) is 0 Å². The summed E-state index contributed by atoms with van der Waals surface area (Å²) in [5, 5.41) is 2.49. The van der Waals surface area contributed by atoms with E-state index in [1.54, 1.807) is 0 Å². The van der Waals surface area contributed by atoms with Gasteiger partial charge in [0.25, 0.3) is 0 Å². The summed E-state index contributed by atoms with van der Waals surface area (Å²) < 4.78 is 2.40. The predicted molar refractivity (Wildman–Crippen MR) is 261 cm³/mol. The molecule has 2 heteroatoms. The Labute approximate surface area is 364 Å². The molecule has 2 nitrogen and oxygen atoms in total. The maximum absolute atomic E-state index is 2.45. The van der Waals surface area contributed by atoms with Gasteiger partial charge in [-0.25, -0.2) is 0 Å². The van der Waals surface area contributed by atoms with Crippen LogP contribution in [0.4, 0.5) is 11.4 Å². The van der Waals surface area contributed by atoms with Crippen molar-refractivity contribution in [3.05, 3.63) is 271 Å². The SMILES string of the molecule is CC1/C=C\C=C/C/C=C(N(c2ccc(-c3ccc4c(c3)C(c3ccccc3)(c3ccccc3)c3ccccc3-4)cc2)c2ccc3c4ccccc4n(-c4ccccc4)c3c2)\C=C/1. The van der Waals surface area contributed by atoms with Gasteiger partial charge in [0.05, 0.1) is 16.4 Å². The van der Waals surface area contributed by atoms with Crippen molar-refractivity contribution in [3.63, 3.8) is 0 Å². The molecule has 1 atom stereocenters. The summed E-state index contributed by atoms with van der Waals surface area (Å²) in [6, 6.07) is 73.8. The minimum Gasteiger partial charge on any atom is -0.311 e. The second-order valence-corrected chi connectivity index (χ2v) is 16.5. The Balaban J connectivity index is 1.06. The lowest BCUT2D eigenvalue weighted by atomic mass is 9.67. The monoisotopic (exact) mass is 794 g/mol. The zero-order valence-electron chi connectivity index (χ0n) is 34.8. The minimum atomic E-state index is -0.447. The highest BCUT2D eigenvalue weighted by atomic mass is 15.1. The summed E-state index contributed by atoms with van der Waals surface area (Å²) in [6.45, 7) is 2.24. The Morgan fingerprint density at radius 1 is 0.500 bits per heavy atom. The first-order valence-electron chi connectivity index (χ1n) is 21.7. The molecule has 2 aliphatic rings. The molecular weight excluding hydrogens is 749 g/mol. The number of hydrogen-bond acceptors (Lipinski definition) is 1. The van der Waals surface area contributed by atoms with Gasteiger partial charge in [0.1, 0.15) is 0 Å². The van der Waals surface area contributed by atoms with Crippen molar-refractivity contribution >= 4 is 33.2 Å². The molecule has 0 radical (unpaired) electrons. The van der Waals surface area contributed by atoms with Crippen LogP contribution in [0.25, 0.3) is 49.7 Å². The zero-order chi connectivity index (χ0) is 41.5. The Bertz CT molecular complexity index is 3160. The van der Waals surface area contributed by atoms with Gasteiger partial charge >= 0.3 is 0 Å². The van der Waals surface area contributed by atoms with Gasteiger partial charge in [-0.1, -0.05) is 195 Å². The van der Waals surface area contributed by atoms with Crippen LogP contribution in [0.15, 0.2) is 248 Å². The maximum Gasteiger partial charge on any atom is 0.0713 e. The van der Waals surface area contributed by atoms with E-state index >= 15 is 0 Å². The van der Waals surface area contributed by atoms with Crippen LogP contribution in [0.2, 0.25) is 0 Å². The third-order valence-corrected chi connectivity index (χ3v) is 12.8. The van der Waals surface area contributed by atoms with Crippen LogP contribution in [0, 0.1) is 5.92 Å². The van der Waals surface area contributed by atoms with Gasteiger partial charge < -0.3 is 9.47 Å². The Hall–Kier alpha value is -7.68. The first kappa shape index (κ1) is 37.3. The van der Waals surface area contributed by atoms with Crippen LogP contribution in [0.3, 0.4) is 0 Å². The molecule has 1 unspecified atom stereocenters. The Morgan fingerprint density at radius 2 is 1.13 bits per heavy atom. The first-order chi connectivity index (χ1) is 30.7. The molecule has 0 spiro atoms. The highest BCUT2D eigenvalue weighted by Crippen LogP contribution is 2.56. The lowest BCUT2D eigenvalue weighted by molar-refractivity contribution is 0.769. The molecule has 0 N–H and O–H groups in total. The van der Waals surface area contributed by atoms with Crippen molar-refractivity contribution in [2.75, 3.05) is 4.90 Å². The fraction of sp³-hybridized carbons (Fsp3) is 0.0667. The molecule has 0 amide bonds. The average molecular weight is 795 g/mol. The van der Waals surface area contributed by atoms with Crippen molar-refractivity contribution in [3.8, 4) is 27.9 Å². The molecule has 0 fully saturated rings. The highest BCUT2D eigenvalue weighted by molar-refractivity contribution is 6.10. The topological polar surface area (TPSA) is 8.17 Å². The summed E-state index contributed by atoms with van der Waals surface area (Å²) in [4.78, 5) is 2.42. The smallest absolute Gasteiger partial charge is 0.0713 e. The summed E-state index contributed by atoms with van der Waals surface area (Å²) >= 11 is 0. The number of nitrogens with zero attached hydrogens (tertiary/aromatic N) is 2. The number of allylic oxidation sites excluding steroid dienone is 7. The molecule has 0 saturated heterocycles. The number of rotatable bonds is 7. The van der Waals surface area contributed by atoms with Crippen LogP contribution in [-0.2, 0) is 5.41 Å². The Morgan fingerprint density at radius 3 is 1.90 bits per heavy atom. The van der Waals surface area contributed by atoms with E-state index in [4.69, 9.17) is 0 Å². The van der Waals surface area contributed by atoms with Gasteiger partial charge in [0.15, 0.2) is 0 Å². The lowest BCUT2D eigenvalue weighted by Gasteiger charge is -2.34. The summed E-state index contributed by atoms with van der Waals surface area (Å²) in [6.07, 6.45) is 16.6. The molecule has 9 aromatic rings. The largest absolute Gasteiger partial charge is 0.311 e. The van der Waals surface area contributed by atoms with E-state index < -0.39 is 5.41 Å². The third kappa shape index (κ3) is 6.26. The summed E-state index contributed by atoms with van der Waals surface area (Å²) in [5.41, 5.74) is 16.6. The van der Waals surface area contributed by atoms with Gasteiger partial charge in [-0.2, -0.15) is 0 Å². The standard InChI is InChI=1S/C60H46N2/c1-43-19-7-2-3-12-26-49(35-31-43)61(51-38-40-55-54-28-16-18-30-58(54)62(59(55)42-51)48-24-13-6-14-25-48)50-36-32-44(33-37-50)45-34-39-53-52-27-15-17-29-56(52)60(57(53)41-45,46-20-8-4-9-21-46)47-22-10-5-11-23-47/h2-11,13-43H,12H2,1H3/b3-2-,19-7-,35-31-,49-26+. The molecule has 1 heterocycles. The van der Waals surface area contributed by atoms with Crippen molar-refractivity contribution in [1.82, 2.24) is 4.57 Å². The third-order valence-electron chi connectivity index (χ3n) is 12.8. The van der Waals surface area contributed by atoms with Crippen LogP contribution < -0.4 is 4.90 Å². The normalized spacial score (nSPS) is 17.7. The molecule has 62 heavy (non-hydrogen) atoms. The van der Waals surface area contributed by atoms with Gasteiger partial charge in [0.2, 0.25) is 0 Å². The number of para-hydroxylation sites is 2. The number of aromatic nitrogens is 1. The quantitative estimate of drug-likeness (QED) is 0.156. The minimum absolute atomic E-state index is 0.290. The van der Waals surface area contributed by atoms with E-state index in [0.29, 0.717) is 5.92 Å². The molecule has 0 bridgehead atoms. The molecule has 1 aromatic heterocycles. The first-order valence-corrected chi connectivity index (χ1v) is 21.7. The predicted octanol–water partition coefficient (Wildman–Crippen LogP) is 15.5. The summed E-state index contributed by atoms with van der Waals surface area (Å²) in [7, 11) is 0. The van der Waals surface area contributed by atoms with Gasteiger partial charge in [-0.05, 0) is 111 Å². The number of anilines is 2. The van der Waals surface area contributed by atoms with Gasteiger partial charge in [-0.3, -0.25) is 0 Å². The Kier molecular flexibility index (Phi) is 9.47. The molecule has 11 rings (SSSR count).